The molecule has 5 nitrogen and oxygen atoms in total. The Kier molecular flexibility index (Phi) is 2.86. The SMILES string of the molecule is CC(C)n1nccc1C(=O)N[C@H]1C[C@@H]2OCC[C@H]12. The fourth-order valence-electron chi connectivity index (χ4n) is 2.91. The number of hydrogen-bond acceptors (Lipinski definition) is 3. The molecule has 0 spiro atoms. The zero-order valence-electron chi connectivity index (χ0n) is 10.8. The monoisotopic (exact) mass is 249 g/mol. The van der Waals surface area contributed by atoms with Crippen molar-refractivity contribution in [3.05, 3.63) is 18.0 Å². The van der Waals surface area contributed by atoms with Gasteiger partial charge < -0.3 is 10.1 Å². The molecule has 1 saturated carbocycles. The summed E-state index contributed by atoms with van der Waals surface area (Å²) in [6.45, 7) is 4.88. The number of carbonyl (C=O) groups is 1. The molecule has 3 atom stereocenters. The molecule has 18 heavy (non-hydrogen) atoms. The van der Waals surface area contributed by atoms with E-state index in [1.165, 1.54) is 0 Å². The Bertz CT molecular complexity index is 455. The lowest BCUT2D eigenvalue weighted by Crippen LogP contribution is -2.53. The molecule has 1 aromatic heterocycles. The largest absolute Gasteiger partial charge is 0.378 e. The molecule has 5 heteroatoms. The Hall–Kier alpha value is -1.36. The fraction of sp³-hybridized carbons (Fsp3) is 0.692. The summed E-state index contributed by atoms with van der Waals surface area (Å²) in [5.41, 5.74) is 0.646. The Morgan fingerprint density at radius 2 is 2.44 bits per heavy atom. The third-order valence-corrected chi connectivity index (χ3v) is 3.97. The van der Waals surface area contributed by atoms with E-state index < -0.39 is 0 Å². The minimum absolute atomic E-state index is 0.0171. The van der Waals surface area contributed by atoms with Gasteiger partial charge in [0.05, 0.1) is 6.10 Å². The number of rotatable bonds is 3. The van der Waals surface area contributed by atoms with Crippen molar-refractivity contribution in [3.8, 4) is 0 Å². The van der Waals surface area contributed by atoms with Gasteiger partial charge >= 0.3 is 0 Å². The highest BCUT2D eigenvalue weighted by atomic mass is 16.5. The lowest BCUT2D eigenvalue weighted by atomic mass is 9.76. The molecule has 1 N–H and O–H groups in total. The molecule has 0 aromatic carbocycles. The lowest BCUT2D eigenvalue weighted by molar-refractivity contribution is 0.00793. The van der Waals surface area contributed by atoms with Crippen LogP contribution in [0.1, 0.15) is 43.2 Å². The second kappa shape index (κ2) is 4.39. The number of aromatic nitrogens is 2. The number of nitrogens with zero attached hydrogens (tertiary/aromatic N) is 2. The molecule has 1 aliphatic carbocycles. The molecule has 2 fully saturated rings. The first-order valence-electron chi connectivity index (χ1n) is 6.63. The maximum Gasteiger partial charge on any atom is 0.269 e. The molecule has 1 saturated heterocycles. The highest BCUT2D eigenvalue weighted by Gasteiger charge is 2.45. The van der Waals surface area contributed by atoms with Gasteiger partial charge in [-0.1, -0.05) is 0 Å². The number of fused-ring (bicyclic) bond motifs is 1. The van der Waals surface area contributed by atoms with Crippen LogP contribution in [0, 0.1) is 5.92 Å². The van der Waals surface area contributed by atoms with Gasteiger partial charge in [0.2, 0.25) is 0 Å². The van der Waals surface area contributed by atoms with Crippen molar-refractivity contribution < 1.29 is 9.53 Å². The lowest BCUT2D eigenvalue weighted by Gasteiger charge is -2.39. The molecule has 98 valence electrons. The van der Waals surface area contributed by atoms with Gasteiger partial charge in [-0.3, -0.25) is 9.48 Å². The van der Waals surface area contributed by atoms with E-state index in [9.17, 15) is 4.79 Å². The summed E-state index contributed by atoms with van der Waals surface area (Å²) in [7, 11) is 0. The van der Waals surface area contributed by atoms with Gasteiger partial charge in [-0.25, -0.2) is 0 Å². The second-order valence-electron chi connectivity index (χ2n) is 5.43. The summed E-state index contributed by atoms with van der Waals surface area (Å²) >= 11 is 0. The first-order valence-corrected chi connectivity index (χ1v) is 6.63. The third-order valence-electron chi connectivity index (χ3n) is 3.97. The van der Waals surface area contributed by atoms with Crippen molar-refractivity contribution in [1.82, 2.24) is 15.1 Å². The third kappa shape index (κ3) is 1.82. The van der Waals surface area contributed by atoms with Gasteiger partial charge in [-0.15, -0.1) is 0 Å². The van der Waals surface area contributed by atoms with E-state index in [4.69, 9.17) is 4.74 Å². The number of ether oxygens (including phenoxy) is 1. The van der Waals surface area contributed by atoms with Gasteiger partial charge in [0.1, 0.15) is 5.69 Å². The molecule has 1 amide bonds. The van der Waals surface area contributed by atoms with E-state index in [-0.39, 0.29) is 18.0 Å². The van der Waals surface area contributed by atoms with Crippen LogP contribution in [-0.4, -0.2) is 34.4 Å². The van der Waals surface area contributed by atoms with Gasteiger partial charge in [-0.05, 0) is 32.8 Å². The zero-order valence-corrected chi connectivity index (χ0v) is 10.8. The summed E-state index contributed by atoms with van der Waals surface area (Å²) in [4.78, 5) is 12.2. The Morgan fingerprint density at radius 3 is 3.17 bits per heavy atom. The second-order valence-corrected chi connectivity index (χ2v) is 5.43. The van der Waals surface area contributed by atoms with Crippen LogP contribution >= 0.6 is 0 Å². The van der Waals surface area contributed by atoms with Crippen molar-refractivity contribution in [3.63, 3.8) is 0 Å². The van der Waals surface area contributed by atoms with Crippen LogP contribution in [0.4, 0.5) is 0 Å². The Morgan fingerprint density at radius 1 is 1.61 bits per heavy atom. The molecule has 3 rings (SSSR count). The quantitative estimate of drug-likeness (QED) is 0.880. The molecule has 1 aliphatic heterocycles. The summed E-state index contributed by atoms with van der Waals surface area (Å²) in [5, 5.41) is 7.29. The van der Waals surface area contributed by atoms with Gasteiger partial charge in [-0.2, -0.15) is 5.10 Å². The number of hydrogen-bond donors (Lipinski definition) is 1. The number of amides is 1. The molecule has 2 heterocycles. The molecular weight excluding hydrogens is 230 g/mol. The van der Waals surface area contributed by atoms with Crippen molar-refractivity contribution in [2.24, 2.45) is 5.92 Å². The first-order chi connectivity index (χ1) is 8.66. The topological polar surface area (TPSA) is 56.2 Å². The summed E-state index contributed by atoms with van der Waals surface area (Å²) in [5.74, 6) is 0.501. The van der Waals surface area contributed by atoms with Crippen LogP contribution in [-0.2, 0) is 4.74 Å². The highest BCUT2D eigenvalue weighted by molar-refractivity contribution is 5.92. The van der Waals surface area contributed by atoms with E-state index in [1.54, 1.807) is 16.9 Å². The zero-order chi connectivity index (χ0) is 12.7. The van der Waals surface area contributed by atoms with Crippen LogP contribution in [0.3, 0.4) is 0 Å². The Labute approximate surface area is 107 Å². The van der Waals surface area contributed by atoms with Crippen molar-refractivity contribution in [2.45, 2.75) is 44.9 Å². The van der Waals surface area contributed by atoms with Crippen LogP contribution in [0.25, 0.3) is 0 Å². The molecular formula is C13H19N3O2. The van der Waals surface area contributed by atoms with Crippen LogP contribution < -0.4 is 5.32 Å². The molecule has 0 radical (unpaired) electrons. The van der Waals surface area contributed by atoms with Crippen molar-refractivity contribution in [2.75, 3.05) is 6.61 Å². The van der Waals surface area contributed by atoms with Crippen molar-refractivity contribution in [1.29, 1.82) is 0 Å². The predicted octanol–water partition coefficient (Wildman–Crippen LogP) is 1.37. The maximum atomic E-state index is 12.2. The van der Waals surface area contributed by atoms with Crippen LogP contribution in [0.2, 0.25) is 0 Å². The summed E-state index contributed by atoms with van der Waals surface area (Å²) in [6, 6.07) is 2.25. The maximum absolute atomic E-state index is 12.2. The normalized spacial score (nSPS) is 30.1. The minimum Gasteiger partial charge on any atom is -0.378 e. The molecule has 0 bridgehead atoms. The van der Waals surface area contributed by atoms with Crippen LogP contribution in [0.5, 0.6) is 0 Å². The molecule has 0 unspecified atom stereocenters. The standard InChI is InChI=1S/C13H19N3O2/c1-8(2)16-11(3-5-14-16)13(17)15-10-7-12-9(10)4-6-18-12/h3,5,8-10,12H,4,6-7H2,1-2H3,(H,15,17)/t9-,10+,12+/m1/s1. The number of carbonyl (C=O) groups excluding carboxylic acids is 1. The van der Waals surface area contributed by atoms with E-state index in [0.717, 1.165) is 19.4 Å². The highest BCUT2D eigenvalue weighted by Crippen LogP contribution is 2.38. The van der Waals surface area contributed by atoms with E-state index in [0.29, 0.717) is 17.7 Å². The van der Waals surface area contributed by atoms with Crippen LogP contribution in [0.15, 0.2) is 12.3 Å². The first kappa shape index (κ1) is 11.7. The predicted molar refractivity (Wildman–Crippen MR) is 66.3 cm³/mol. The minimum atomic E-state index is -0.0171. The summed E-state index contributed by atoms with van der Waals surface area (Å²) in [6.07, 6.45) is 4.08. The molecule has 2 aliphatic rings. The van der Waals surface area contributed by atoms with Gasteiger partial charge in [0, 0.05) is 30.8 Å². The van der Waals surface area contributed by atoms with Gasteiger partial charge in [0.15, 0.2) is 0 Å². The smallest absolute Gasteiger partial charge is 0.269 e. The summed E-state index contributed by atoms with van der Waals surface area (Å²) < 4.78 is 7.31. The fourth-order valence-corrected chi connectivity index (χ4v) is 2.91. The average Bonchev–Trinajstić information content (AvgIpc) is 2.91. The molecule has 1 aromatic rings. The van der Waals surface area contributed by atoms with E-state index in [2.05, 4.69) is 10.4 Å². The van der Waals surface area contributed by atoms with E-state index >= 15 is 0 Å². The Balaban J connectivity index is 1.66. The van der Waals surface area contributed by atoms with Gasteiger partial charge in [0.25, 0.3) is 5.91 Å². The van der Waals surface area contributed by atoms with Crippen molar-refractivity contribution >= 4 is 5.91 Å². The average molecular weight is 249 g/mol. The van der Waals surface area contributed by atoms with E-state index in [1.807, 2.05) is 13.8 Å². The number of nitrogens with one attached hydrogen (secondary N) is 1.